The van der Waals surface area contributed by atoms with Crippen LogP contribution >= 0.6 is 11.3 Å². The van der Waals surface area contributed by atoms with Crippen molar-refractivity contribution in [2.45, 2.75) is 6.42 Å². The molecule has 1 aromatic rings. The van der Waals surface area contributed by atoms with Crippen molar-refractivity contribution in [3.8, 4) is 0 Å². The molecule has 64 valence electrons. The topological polar surface area (TPSA) is 66.4 Å². The molecule has 1 amide bonds. The van der Waals surface area contributed by atoms with Gasteiger partial charge >= 0.3 is 5.97 Å². The molecule has 2 N–H and O–H groups in total. The van der Waals surface area contributed by atoms with Crippen molar-refractivity contribution in [3.05, 3.63) is 17.5 Å². The van der Waals surface area contributed by atoms with E-state index in [0.29, 0.717) is 5.00 Å². The first-order valence-electron chi connectivity index (χ1n) is 3.23. The third kappa shape index (κ3) is 2.71. The number of hydrogen-bond donors (Lipinski definition) is 2. The Morgan fingerprint density at radius 1 is 1.58 bits per heavy atom. The van der Waals surface area contributed by atoms with E-state index in [1.54, 1.807) is 17.5 Å². The molecule has 0 bridgehead atoms. The second-order valence-corrected chi connectivity index (χ2v) is 3.04. The van der Waals surface area contributed by atoms with Gasteiger partial charge in [-0.2, -0.15) is 0 Å². The van der Waals surface area contributed by atoms with Gasteiger partial charge in [0, 0.05) is 0 Å². The van der Waals surface area contributed by atoms with Gasteiger partial charge in [0.2, 0.25) is 5.91 Å². The van der Waals surface area contributed by atoms with E-state index >= 15 is 0 Å². The zero-order valence-electron chi connectivity index (χ0n) is 6.11. The van der Waals surface area contributed by atoms with Crippen molar-refractivity contribution in [1.29, 1.82) is 0 Å². The second kappa shape index (κ2) is 3.87. The summed E-state index contributed by atoms with van der Waals surface area (Å²) in [4.78, 5) is 20.9. The van der Waals surface area contributed by atoms with Crippen LogP contribution in [0.25, 0.3) is 0 Å². The number of hydrogen-bond acceptors (Lipinski definition) is 3. The lowest BCUT2D eigenvalue weighted by atomic mass is 10.4. The SMILES string of the molecule is O=C(O)CC(=O)Nc1cccs1. The Morgan fingerprint density at radius 2 is 2.33 bits per heavy atom. The number of anilines is 1. The minimum absolute atomic E-state index is 0.488. The van der Waals surface area contributed by atoms with Crippen molar-refractivity contribution in [1.82, 2.24) is 0 Å². The number of aliphatic carboxylic acids is 1. The van der Waals surface area contributed by atoms with Crippen LogP contribution < -0.4 is 5.32 Å². The fraction of sp³-hybridized carbons (Fsp3) is 0.143. The fourth-order valence-corrected chi connectivity index (χ4v) is 1.30. The van der Waals surface area contributed by atoms with Crippen LogP contribution in [0.4, 0.5) is 5.00 Å². The summed E-state index contributed by atoms with van der Waals surface area (Å²) in [7, 11) is 0. The maximum atomic E-state index is 10.8. The second-order valence-electron chi connectivity index (χ2n) is 2.10. The maximum absolute atomic E-state index is 10.8. The zero-order valence-corrected chi connectivity index (χ0v) is 6.93. The van der Waals surface area contributed by atoms with Gasteiger partial charge in [0.05, 0.1) is 5.00 Å². The third-order valence-corrected chi connectivity index (χ3v) is 1.88. The highest BCUT2D eigenvalue weighted by atomic mass is 32.1. The van der Waals surface area contributed by atoms with Crippen LogP contribution in [0, 0.1) is 0 Å². The van der Waals surface area contributed by atoms with E-state index in [2.05, 4.69) is 5.32 Å². The molecule has 0 radical (unpaired) electrons. The summed E-state index contributed by atoms with van der Waals surface area (Å²) in [6.45, 7) is 0. The van der Waals surface area contributed by atoms with Gasteiger partial charge in [0.15, 0.2) is 0 Å². The molecular weight excluding hydrogens is 178 g/mol. The molecule has 0 saturated heterocycles. The van der Waals surface area contributed by atoms with Gasteiger partial charge in [-0.1, -0.05) is 0 Å². The van der Waals surface area contributed by atoms with Crippen LogP contribution in [0.1, 0.15) is 6.42 Å². The van der Waals surface area contributed by atoms with Gasteiger partial charge in [0.1, 0.15) is 6.42 Å². The molecule has 12 heavy (non-hydrogen) atoms. The van der Waals surface area contributed by atoms with Crippen molar-refractivity contribution < 1.29 is 14.7 Å². The Balaban J connectivity index is 2.42. The molecule has 0 aliphatic rings. The fourth-order valence-electron chi connectivity index (χ4n) is 0.669. The first-order chi connectivity index (χ1) is 5.68. The monoisotopic (exact) mass is 185 g/mol. The van der Waals surface area contributed by atoms with Crippen LogP contribution in [0.2, 0.25) is 0 Å². The van der Waals surface area contributed by atoms with E-state index in [4.69, 9.17) is 5.11 Å². The van der Waals surface area contributed by atoms with E-state index < -0.39 is 18.3 Å². The van der Waals surface area contributed by atoms with Crippen LogP contribution in [0.5, 0.6) is 0 Å². The Hall–Kier alpha value is -1.36. The van der Waals surface area contributed by atoms with Gasteiger partial charge < -0.3 is 10.4 Å². The molecule has 0 aromatic carbocycles. The lowest BCUT2D eigenvalue weighted by molar-refractivity contribution is -0.139. The first kappa shape index (κ1) is 8.73. The van der Waals surface area contributed by atoms with Gasteiger partial charge in [0.25, 0.3) is 0 Å². The molecule has 1 heterocycles. The number of thiophene rings is 1. The highest BCUT2D eigenvalue weighted by Gasteiger charge is 2.07. The average Bonchev–Trinajstić information content (AvgIpc) is 2.37. The van der Waals surface area contributed by atoms with Crippen molar-refractivity contribution in [2.24, 2.45) is 0 Å². The molecule has 1 rings (SSSR count). The molecule has 0 spiro atoms. The summed E-state index contributed by atoms with van der Waals surface area (Å²) in [5, 5.41) is 13.2. The Kier molecular flexibility index (Phi) is 2.82. The maximum Gasteiger partial charge on any atom is 0.312 e. The standard InChI is InChI=1S/C7H7NO3S/c9-5(4-7(10)11)8-6-2-1-3-12-6/h1-3H,4H2,(H,8,9)(H,10,11). The highest BCUT2D eigenvalue weighted by Crippen LogP contribution is 2.14. The lowest BCUT2D eigenvalue weighted by Crippen LogP contribution is -2.14. The molecule has 0 unspecified atom stereocenters. The minimum atomic E-state index is -1.12. The normalized spacial score (nSPS) is 9.33. The lowest BCUT2D eigenvalue weighted by Gasteiger charge is -1.97. The van der Waals surface area contributed by atoms with Crippen molar-refractivity contribution >= 4 is 28.2 Å². The molecule has 5 heteroatoms. The van der Waals surface area contributed by atoms with Gasteiger partial charge in [-0.05, 0) is 17.5 Å². The summed E-state index contributed by atoms with van der Waals surface area (Å²) in [6, 6.07) is 3.49. The Labute approximate surface area is 72.8 Å². The largest absolute Gasteiger partial charge is 0.481 e. The van der Waals surface area contributed by atoms with Gasteiger partial charge in [-0.25, -0.2) is 0 Å². The summed E-state index contributed by atoms with van der Waals surface area (Å²) >= 11 is 1.35. The number of carbonyl (C=O) groups is 2. The predicted octanol–water partition coefficient (Wildman–Crippen LogP) is 1.16. The number of rotatable bonds is 3. The van der Waals surface area contributed by atoms with Crippen LogP contribution in [0.15, 0.2) is 17.5 Å². The van der Waals surface area contributed by atoms with E-state index in [0.717, 1.165) is 0 Å². The predicted molar refractivity (Wildman–Crippen MR) is 45.2 cm³/mol. The quantitative estimate of drug-likeness (QED) is 0.694. The highest BCUT2D eigenvalue weighted by molar-refractivity contribution is 7.14. The smallest absolute Gasteiger partial charge is 0.312 e. The Bertz CT molecular complexity index is 281. The third-order valence-electron chi connectivity index (χ3n) is 1.10. The Morgan fingerprint density at radius 3 is 2.83 bits per heavy atom. The molecule has 4 nitrogen and oxygen atoms in total. The number of nitrogens with one attached hydrogen (secondary N) is 1. The number of carboxylic acids is 1. The first-order valence-corrected chi connectivity index (χ1v) is 4.11. The summed E-state index contributed by atoms with van der Waals surface area (Å²) in [5.74, 6) is -1.62. The van der Waals surface area contributed by atoms with Crippen LogP contribution in [-0.2, 0) is 9.59 Å². The van der Waals surface area contributed by atoms with Crippen LogP contribution in [-0.4, -0.2) is 17.0 Å². The molecule has 0 aliphatic carbocycles. The summed E-state index contributed by atoms with van der Waals surface area (Å²) < 4.78 is 0. The van der Waals surface area contributed by atoms with Crippen LogP contribution in [0.3, 0.4) is 0 Å². The zero-order chi connectivity index (χ0) is 8.97. The van der Waals surface area contributed by atoms with Crippen molar-refractivity contribution in [3.63, 3.8) is 0 Å². The van der Waals surface area contributed by atoms with Crippen molar-refractivity contribution in [2.75, 3.05) is 5.32 Å². The molecule has 0 atom stereocenters. The average molecular weight is 185 g/mol. The molecule has 1 aromatic heterocycles. The van der Waals surface area contributed by atoms with Gasteiger partial charge in [-0.15, -0.1) is 11.3 Å². The molecule has 0 aliphatic heterocycles. The summed E-state index contributed by atoms with van der Waals surface area (Å²) in [6.07, 6.45) is -0.488. The number of carboxylic acid groups (broad SMARTS) is 1. The van der Waals surface area contributed by atoms with E-state index in [9.17, 15) is 9.59 Å². The van der Waals surface area contributed by atoms with Gasteiger partial charge in [-0.3, -0.25) is 9.59 Å². The van der Waals surface area contributed by atoms with E-state index in [1.165, 1.54) is 11.3 Å². The van der Waals surface area contributed by atoms with E-state index in [1.807, 2.05) is 0 Å². The minimum Gasteiger partial charge on any atom is -0.481 e. The van der Waals surface area contributed by atoms with E-state index in [-0.39, 0.29) is 0 Å². The molecule has 0 fully saturated rings. The molecular formula is C7H7NO3S. The number of carbonyl (C=O) groups excluding carboxylic acids is 1. The number of amides is 1. The summed E-state index contributed by atoms with van der Waals surface area (Å²) in [5.41, 5.74) is 0. The molecule has 0 saturated carbocycles.